The highest BCUT2D eigenvalue weighted by Crippen LogP contribution is 2.18. The van der Waals surface area contributed by atoms with E-state index in [4.69, 9.17) is 5.73 Å². The Hall–Kier alpha value is -3.55. The van der Waals surface area contributed by atoms with E-state index in [-0.39, 0.29) is 0 Å². The van der Waals surface area contributed by atoms with Crippen molar-refractivity contribution in [1.29, 1.82) is 0 Å². The SMILES string of the molecule is Nc1nc(-n2cc(-c3ccccn3)cn2)ncc1-n1cccn1. The minimum absolute atomic E-state index is 0.327. The van der Waals surface area contributed by atoms with E-state index in [1.54, 1.807) is 46.4 Å². The third-order valence-corrected chi connectivity index (χ3v) is 3.28. The van der Waals surface area contributed by atoms with Gasteiger partial charge in [0.05, 0.1) is 18.1 Å². The Kier molecular flexibility index (Phi) is 3.05. The fourth-order valence-electron chi connectivity index (χ4n) is 2.18. The third kappa shape index (κ3) is 2.42. The molecule has 0 unspecified atom stereocenters. The predicted molar refractivity (Wildman–Crippen MR) is 83.9 cm³/mol. The molecule has 4 rings (SSSR count). The highest BCUT2D eigenvalue weighted by atomic mass is 15.4. The molecule has 0 amide bonds. The van der Waals surface area contributed by atoms with Crippen molar-refractivity contribution in [3.8, 4) is 22.9 Å². The number of pyridine rings is 1. The standard InChI is InChI=1S/C15H12N8/c16-14-13(22-7-3-6-19-22)9-18-15(21-14)23-10-11(8-20-23)12-4-1-2-5-17-12/h1-10H,(H2,16,18,21). The van der Waals surface area contributed by atoms with Gasteiger partial charge in [-0.1, -0.05) is 6.07 Å². The molecule has 0 saturated heterocycles. The maximum absolute atomic E-state index is 6.00. The van der Waals surface area contributed by atoms with E-state index in [0.717, 1.165) is 11.3 Å². The average molecular weight is 304 g/mol. The summed E-state index contributed by atoms with van der Waals surface area (Å²) >= 11 is 0. The highest BCUT2D eigenvalue weighted by molar-refractivity contribution is 5.57. The topological polar surface area (TPSA) is 100 Å². The van der Waals surface area contributed by atoms with Crippen LogP contribution in [0.25, 0.3) is 22.9 Å². The van der Waals surface area contributed by atoms with E-state index in [0.29, 0.717) is 17.5 Å². The molecule has 112 valence electrons. The van der Waals surface area contributed by atoms with Crippen LogP contribution in [0.2, 0.25) is 0 Å². The molecule has 0 spiro atoms. The maximum atomic E-state index is 6.00. The molecule has 0 fully saturated rings. The van der Waals surface area contributed by atoms with Gasteiger partial charge in [-0.2, -0.15) is 15.2 Å². The Balaban J connectivity index is 1.69. The molecule has 4 aromatic heterocycles. The fraction of sp³-hybridized carbons (Fsp3) is 0. The summed E-state index contributed by atoms with van der Waals surface area (Å²) in [7, 11) is 0. The van der Waals surface area contributed by atoms with Crippen LogP contribution in [0.4, 0.5) is 5.82 Å². The van der Waals surface area contributed by atoms with Crippen molar-refractivity contribution in [2.45, 2.75) is 0 Å². The van der Waals surface area contributed by atoms with Crippen LogP contribution in [0.3, 0.4) is 0 Å². The van der Waals surface area contributed by atoms with Gasteiger partial charge in [0, 0.05) is 30.4 Å². The van der Waals surface area contributed by atoms with Crippen molar-refractivity contribution in [1.82, 2.24) is 34.5 Å². The quantitative estimate of drug-likeness (QED) is 0.615. The summed E-state index contributed by atoms with van der Waals surface area (Å²) in [6, 6.07) is 7.51. The number of nitrogen functional groups attached to an aromatic ring is 1. The summed E-state index contributed by atoms with van der Waals surface area (Å²) < 4.78 is 3.18. The number of hydrogen-bond acceptors (Lipinski definition) is 6. The van der Waals surface area contributed by atoms with Crippen LogP contribution in [-0.2, 0) is 0 Å². The van der Waals surface area contributed by atoms with Crippen LogP contribution in [0.1, 0.15) is 0 Å². The van der Waals surface area contributed by atoms with E-state index in [2.05, 4.69) is 25.1 Å². The van der Waals surface area contributed by atoms with Gasteiger partial charge in [-0.05, 0) is 18.2 Å². The number of hydrogen-bond donors (Lipinski definition) is 1. The second-order valence-corrected chi connectivity index (χ2v) is 4.78. The van der Waals surface area contributed by atoms with Gasteiger partial charge in [0.15, 0.2) is 5.82 Å². The Morgan fingerprint density at radius 2 is 1.87 bits per heavy atom. The summed E-state index contributed by atoms with van der Waals surface area (Å²) in [6.45, 7) is 0. The van der Waals surface area contributed by atoms with Crippen molar-refractivity contribution in [2.75, 3.05) is 5.73 Å². The molecule has 0 atom stereocenters. The number of rotatable bonds is 3. The van der Waals surface area contributed by atoms with Crippen LogP contribution < -0.4 is 5.73 Å². The van der Waals surface area contributed by atoms with Crippen molar-refractivity contribution < 1.29 is 0 Å². The molecule has 23 heavy (non-hydrogen) atoms. The smallest absolute Gasteiger partial charge is 0.252 e. The van der Waals surface area contributed by atoms with Crippen LogP contribution in [-0.4, -0.2) is 34.5 Å². The molecule has 0 saturated carbocycles. The highest BCUT2D eigenvalue weighted by Gasteiger charge is 2.10. The number of aromatic nitrogens is 7. The first-order valence-electron chi connectivity index (χ1n) is 6.90. The fourth-order valence-corrected chi connectivity index (χ4v) is 2.18. The minimum Gasteiger partial charge on any atom is -0.382 e. The summed E-state index contributed by atoms with van der Waals surface area (Å²) in [5, 5.41) is 8.39. The summed E-state index contributed by atoms with van der Waals surface area (Å²) in [5.74, 6) is 0.717. The van der Waals surface area contributed by atoms with Gasteiger partial charge >= 0.3 is 0 Å². The number of anilines is 1. The van der Waals surface area contributed by atoms with Crippen LogP contribution >= 0.6 is 0 Å². The molecule has 0 aliphatic heterocycles. The summed E-state index contributed by atoms with van der Waals surface area (Å²) in [4.78, 5) is 12.9. The van der Waals surface area contributed by atoms with Crippen LogP contribution in [0.15, 0.2) is 61.4 Å². The zero-order valence-corrected chi connectivity index (χ0v) is 12.0. The molecule has 8 heteroatoms. The molecule has 0 aromatic carbocycles. The van der Waals surface area contributed by atoms with Crippen molar-refractivity contribution in [3.05, 3.63) is 61.4 Å². The molecule has 4 aromatic rings. The Morgan fingerprint density at radius 1 is 0.913 bits per heavy atom. The Bertz CT molecular complexity index is 927. The zero-order valence-electron chi connectivity index (χ0n) is 12.0. The largest absolute Gasteiger partial charge is 0.382 e. The van der Waals surface area contributed by atoms with Gasteiger partial charge in [-0.15, -0.1) is 0 Å². The molecule has 0 aliphatic rings. The van der Waals surface area contributed by atoms with E-state index in [1.807, 2.05) is 24.4 Å². The van der Waals surface area contributed by atoms with Gasteiger partial charge in [-0.25, -0.2) is 14.3 Å². The number of nitrogens with zero attached hydrogens (tertiary/aromatic N) is 7. The zero-order chi connectivity index (χ0) is 15.6. The second kappa shape index (κ2) is 5.34. The van der Waals surface area contributed by atoms with Gasteiger partial charge in [0.25, 0.3) is 5.95 Å². The minimum atomic E-state index is 0.327. The first-order chi connectivity index (χ1) is 11.3. The second-order valence-electron chi connectivity index (χ2n) is 4.78. The third-order valence-electron chi connectivity index (χ3n) is 3.28. The van der Waals surface area contributed by atoms with Crippen molar-refractivity contribution >= 4 is 5.82 Å². The molecule has 2 N–H and O–H groups in total. The molecule has 0 radical (unpaired) electrons. The Labute approximate surface area is 131 Å². The van der Waals surface area contributed by atoms with E-state index >= 15 is 0 Å². The molecule has 8 nitrogen and oxygen atoms in total. The lowest BCUT2D eigenvalue weighted by molar-refractivity contribution is 0.796. The van der Waals surface area contributed by atoms with E-state index < -0.39 is 0 Å². The molecule has 0 bridgehead atoms. The van der Waals surface area contributed by atoms with E-state index in [9.17, 15) is 0 Å². The number of nitrogens with two attached hydrogens (primary N) is 1. The molecular weight excluding hydrogens is 292 g/mol. The summed E-state index contributed by atoms with van der Waals surface area (Å²) in [6.07, 6.45) is 10.3. The lowest BCUT2D eigenvalue weighted by Gasteiger charge is -2.06. The first kappa shape index (κ1) is 13.1. The first-order valence-corrected chi connectivity index (χ1v) is 6.90. The average Bonchev–Trinajstić information content (AvgIpc) is 3.27. The van der Waals surface area contributed by atoms with Crippen LogP contribution in [0.5, 0.6) is 0 Å². The maximum Gasteiger partial charge on any atom is 0.252 e. The molecule has 4 heterocycles. The molecular formula is C15H12N8. The van der Waals surface area contributed by atoms with Gasteiger partial charge in [-0.3, -0.25) is 4.98 Å². The van der Waals surface area contributed by atoms with Crippen LogP contribution in [0, 0.1) is 0 Å². The monoisotopic (exact) mass is 304 g/mol. The van der Waals surface area contributed by atoms with Gasteiger partial charge in [0.2, 0.25) is 0 Å². The van der Waals surface area contributed by atoms with Gasteiger partial charge < -0.3 is 5.73 Å². The predicted octanol–water partition coefficient (Wildman–Crippen LogP) is 1.49. The lowest BCUT2D eigenvalue weighted by Crippen LogP contribution is -2.08. The van der Waals surface area contributed by atoms with E-state index in [1.165, 1.54) is 0 Å². The van der Waals surface area contributed by atoms with Gasteiger partial charge in [0.1, 0.15) is 5.69 Å². The summed E-state index contributed by atoms with van der Waals surface area (Å²) in [5.41, 5.74) is 8.34. The van der Waals surface area contributed by atoms with Crippen molar-refractivity contribution in [3.63, 3.8) is 0 Å². The lowest BCUT2D eigenvalue weighted by atomic mass is 10.2. The van der Waals surface area contributed by atoms with Crippen molar-refractivity contribution in [2.24, 2.45) is 0 Å². The Morgan fingerprint density at radius 3 is 2.61 bits per heavy atom. The normalized spacial score (nSPS) is 10.8. The molecule has 0 aliphatic carbocycles.